The van der Waals surface area contributed by atoms with E-state index in [1.165, 1.54) is 19.3 Å². The van der Waals surface area contributed by atoms with E-state index in [0.29, 0.717) is 16.3 Å². The van der Waals surface area contributed by atoms with Crippen molar-refractivity contribution in [2.45, 2.75) is 4.90 Å². The number of anilines is 2. The summed E-state index contributed by atoms with van der Waals surface area (Å²) >= 11 is 5.80. The van der Waals surface area contributed by atoms with Crippen molar-refractivity contribution < 1.29 is 26.7 Å². The van der Waals surface area contributed by atoms with Crippen LogP contribution in [0.3, 0.4) is 0 Å². The van der Waals surface area contributed by atoms with Crippen molar-refractivity contribution in [2.75, 3.05) is 16.6 Å². The van der Waals surface area contributed by atoms with Gasteiger partial charge in [0.1, 0.15) is 11.5 Å². The van der Waals surface area contributed by atoms with Gasteiger partial charge in [-0.05, 0) is 54.1 Å². The van der Waals surface area contributed by atoms with E-state index < -0.39 is 25.8 Å². The number of ether oxygens (including phenoxy) is 1. The average Bonchev–Trinajstić information content (AvgIpc) is 2.75. The summed E-state index contributed by atoms with van der Waals surface area (Å²) in [5.74, 6) is -0.132. The number of aromatic hydroxyl groups is 1. The lowest BCUT2D eigenvalue weighted by molar-refractivity contribution is 0.417. The zero-order valence-corrected chi connectivity index (χ0v) is 19.1. The number of hydrogen-bond donors (Lipinski definition) is 3. The van der Waals surface area contributed by atoms with Gasteiger partial charge < -0.3 is 9.84 Å². The molecule has 0 aliphatic heterocycles. The molecule has 3 N–H and O–H groups in total. The van der Waals surface area contributed by atoms with Crippen LogP contribution in [0, 0.1) is 0 Å². The molecule has 0 heterocycles. The standard InChI is InChI=1S/C21H19ClN2O6S2/c1-30-21-5-3-2-4-18(21)24-32(28,29)17-10-11-20(25)19(14-17)23-31(26,27)13-12-15-6-8-16(22)9-7-15/h2-14,23-25H,1H3/b13-12+. The van der Waals surface area contributed by atoms with E-state index in [9.17, 15) is 21.9 Å². The number of halogens is 1. The lowest BCUT2D eigenvalue weighted by Crippen LogP contribution is -2.15. The molecule has 0 radical (unpaired) electrons. The van der Waals surface area contributed by atoms with E-state index in [1.807, 2.05) is 0 Å². The maximum absolute atomic E-state index is 12.8. The van der Waals surface area contributed by atoms with Gasteiger partial charge in [-0.2, -0.15) is 0 Å². The van der Waals surface area contributed by atoms with Crippen molar-refractivity contribution in [3.8, 4) is 11.5 Å². The van der Waals surface area contributed by atoms with Gasteiger partial charge in [0.25, 0.3) is 20.0 Å². The quantitative estimate of drug-likeness (QED) is 0.402. The largest absolute Gasteiger partial charge is 0.506 e. The van der Waals surface area contributed by atoms with Crippen LogP contribution in [0.4, 0.5) is 11.4 Å². The fourth-order valence-corrected chi connectivity index (χ4v) is 4.72. The second-order valence-electron chi connectivity index (χ2n) is 6.49. The Morgan fingerprint density at radius 2 is 1.59 bits per heavy atom. The summed E-state index contributed by atoms with van der Waals surface area (Å²) in [6, 6.07) is 16.1. The Balaban J connectivity index is 1.85. The van der Waals surface area contributed by atoms with Crippen LogP contribution in [0.5, 0.6) is 11.5 Å². The van der Waals surface area contributed by atoms with Crippen LogP contribution in [0.15, 0.2) is 77.0 Å². The highest BCUT2D eigenvalue weighted by Gasteiger charge is 2.19. The lowest BCUT2D eigenvalue weighted by atomic mass is 10.2. The third kappa shape index (κ3) is 5.94. The predicted octanol–water partition coefficient (Wildman–Crippen LogP) is 4.27. The van der Waals surface area contributed by atoms with Crippen molar-refractivity contribution in [1.29, 1.82) is 0 Å². The monoisotopic (exact) mass is 494 g/mol. The Morgan fingerprint density at radius 1 is 0.906 bits per heavy atom. The van der Waals surface area contributed by atoms with Crippen LogP contribution in [-0.4, -0.2) is 29.1 Å². The molecule has 0 aliphatic rings. The fourth-order valence-electron chi connectivity index (χ4n) is 2.63. The molecule has 3 rings (SSSR count). The highest BCUT2D eigenvalue weighted by molar-refractivity contribution is 7.95. The predicted molar refractivity (Wildman–Crippen MR) is 125 cm³/mol. The molecule has 0 fully saturated rings. The molecule has 3 aromatic carbocycles. The molecule has 0 spiro atoms. The highest BCUT2D eigenvalue weighted by atomic mass is 35.5. The number of hydrogen-bond acceptors (Lipinski definition) is 6. The Labute approximate surface area is 191 Å². The number of phenols is 1. The summed E-state index contributed by atoms with van der Waals surface area (Å²) in [5.41, 5.74) is 0.492. The fraction of sp³-hybridized carbons (Fsp3) is 0.0476. The van der Waals surface area contributed by atoms with E-state index in [0.717, 1.165) is 23.6 Å². The third-order valence-electron chi connectivity index (χ3n) is 4.19. The first kappa shape index (κ1) is 23.5. The van der Waals surface area contributed by atoms with Gasteiger partial charge in [-0.25, -0.2) is 16.8 Å². The van der Waals surface area contributed by atoms with Crippen LogP contribution in [-0.2, 0) is 20.0 Å². The summed E-state index contributed by atoms with van der Waals surface area (Å²) < 4.78 is 60.1. The summed E-state index contributed by atoms with van der Waals surface area (Å²) in [6.07, 6.45) is 1.33. The lowest BCUT2D eigenvalue weighted by Gasteiger charge is -2.13. The third-order valence-corrected chi connectivity index (χ3v) is 6.81. The van der Waals surface area contributed by atoms with Crippen molar-refractivity contribution in [3.05, 3.63) is 82.7 Å². The Morgan fingerprint density at radius 3 is 2.28 bits per heavy atom. The summed E-state index contributed by atoms with van der Waals surface area (Å²) in [4.78, 5) is -0.263. The minimum atomic E-state index is -4.11. The van der Waals surface area contributed by atoms with Gasteiger partial charge in [0.2, 0.25) is 0 Å². The van der Waals surface area contributed by atoms with Crippen LogP contribution < -0.4 is 14.2 Å². The normalized spacial score (nSPS) is 11.9. The van der Waals surface area contributed by atoms with Gasteiger partial charge in [-0.3, -0.25) is 9.44 Å². The van der Waals surface area contributed by atoms with Gasteiger partial charge in [-0.15, -0.1) is 0 Å². The summed E-state index contributed by atoms with van der Waals surface area (Å²) in [5, 5.41) is 11.5. The first-order valence-corrected chi connectivity index (χ1v) is 12.5. The van der Waals surface area contributed by atoms with Gasteiger partial charge in [0.05, 0.1) is 28.8 Å². The maximum atomic E-state index is 12.8. The van der Waals surface area contributed by atoms with E-state index in [4.69, 9.17) is 16.3 Å². The molecule has 0 aromatic heterocycles. The zero-order valence-electron chi connectivity index (χ0n) is 16.7. The number of methoxy groups -OCH3 is 1. The first-order chi connectivity index (χ1) is 15.1. The first-order valence-electron chi connectivity index (χ1n) is 9.05. The van der Waals surface area contributed by atoms with Crippen molar-refractivity contribution in [1.82, 2.24) is 0 Å². The Kier molecular flexibility index (Phi) is 6.97. The molecule has 168 valence electrons. The Bertz CT molecular complexity index is 1360. The zero-order chi connectivity index (χ0) is 23.4. The minimum Gasteiger partial charge on any atom is -0.506 e. The van der Waals surface area contributed by atoms with E-state index in [-0.39, 0.29) is 16.3 Å². The molecule has 0 saturated carbocycles. The maximum Gasteiger partial charge on any atom is 0.262 e. The van der Waals surface area contributed by atoms with E-state index >= 15 is 0 Å². The molecular weight excluding hydrogens is 476 g/mol. The molecule has 0 atom stereocenters. The number of benzene rings is 3. The second-order valence-corrected chi connectivity index (χ2v) is 10.2. The van der Waals surface area contributed by atoms with Gasteiger partial charge in [0.15, 0.2) is 0 Å². The molecule has 0 amide bonds. The molecule has 0 aliphatic carbocycles. The van der Waals surface area contributed by atoms with Crippen LogP contribution in [0.2, 0.25) is 5.02 Å². The minimum absolute atomic E-state index is 0.205. The van der Waals surface area contributed by atoms with Gasteiger partial charge >= 0.3 is 0 Å². The Hall–Kier alpha value is -3.21. The molecule has 0 unspecified atom stereocenters. The van der Waals surface area contributed by atoms with Crippen LogP contribution >= 0.6 is 11.6 Å². The SMILES string of the molecule is COc1ccccc1NS(=O)(=O)c1ccc(O)c(NS(=O)(=O)/C=C/c2ccc(Cl)cc2)c1. The van der Waals surface area contributed by atoms with Crippen LogP contribution in [0.25, 0.3) is 6.08 Å². The smallest absolute Gasteiger partial charge is 0.262 e. The van der Waals surface area contributed by atoms with Gasteiger partial charge in [0, 0.05) is 5.02 Å². The number of sulfonamides is 2. The second kappa shape index (κ2) is 9.51. The molecular formula is C21H19ClN2O6S2. The van der Waals surface area contributed by atoms with E-state index in [1.54, 1.807) is 42.5 Å². The molecule has 8 nitrogen and oxygen atoms in total. The topological polar surface area (TPSA) is 122 Å². The number of phenolic OH excluding ortho intramolecular Hbond substituents is 1. The number of para-hydroxylation sites is 2. The van der Waals surface area contributed by atoms with E-state index in [2.05, 4.69) is 9.44 Å². The van der Waals surface area contributed by atoms with Gasteiger partial charge in [-0.1, -0.05) is 35.9 Å². The van der Waals surface area contributed by atoms with Crippen molar-refractivity contribution >= 4 is 49.1 Å². The average molecular weight is 495 g/mol. The number of nitrogens with one attached hydrogen (secondary N) is 2. The highest BCUT2D eigenvalue weighted by Crippen LogP contribution is 2.30. The van der Waals surface area contributed by atoms with Crippen molar-refractivity contribution in [3.63, 3.8) is 0 Å². The van der Waals surface area contributed by atoms with Crippen molar-refractivity contribution in [2.24, 2.45) is 0 Å². The number of rotatable bonds is 8. The molecule has 0 saturated heterocycles. The van der Waals surface area contributed by atoms with Crippen LogP contribution in [0.1, 0.15) is 5.56 Å². The summed E-state index contributed by atoms with van der Waals surface area (Å²) in [6.45, 7) is 0. The molecule has 32 heavy (non-hydrogen) atoms. The summed E-state index contributed by atoms with van der Waals surface area (Å²) in [7, 11) is -6.76. The molecule has 0 bridgehead atoms. The molecule has 11 heteroatoms. The molecule has 3 aromatic rings.